The van der Waals surface area contributed by atoms with Gasteiger partial charge in [-0.25, -0.2) is 4.98 Å². The Hall–Kier alpha value is -0.920. The molecule has 1 unspecified atom stereocenters. The van der Waals surface area contributed by atoms with E-state index in [-0.39, 0.29) is 0 Å². The minimum absolute atomic E-state index is 0.500. The van der Waals surface area contributed by atoms with Gasteiger partial charge in [0, 0.05) is 12.0 Å². The van der Waals surface area contributed by atoms with Crippen LogP contribution in [0.5, 0.6) is 0 Å². The molecule has 4 heteroatoms. The fourth-order valence-electron chi connectivity index (χ4n) is 0.856. The highest BCUT2D eigenvalue weighted by molar-refractivity contribution is 7.09. The van der Waals surface area contributed by atoms with Crippen molar-refractivity contribution in [2.24, 2.45) is 0 Å². The van der Waals surface area contributed by atoms with Crippen LogP contribution in [0.25, 0.3) is 0 Å². The molecular formula is C8H10N2OS. The minimum Gasteiger partial charge on any atom is -0.357 e. The Balaban J connectivity index is 2.74. The van der Waals surface area contributed by atoms with Crippen LogP contribution < -0.4 is 0 Å². The molecule has 0 aliphatic carbocycles. The molecule has 12 heavy (non-hydrogen) atoms. The smallest absolute Gasteiger partial charge is 0.186 e. The topological polar surface area (TPSA) is 45.9 Å². The first kappa shape index (κ1) is 9.17. The molecule has 3 nitrogen and oxygen atoms in total. The van der Waals surface area contributed by atoms with Gasteiger partial charge in [-0.3, -0.25) is 0 Å². The molecule has 0 saturated heterocycles. The zero-order valence-corrected chi connectivity index (χ0v) is 7.89. The standard InChI is InChI=1S/C8H10N2OS/c1-3-11-8(4-9)7-5-12-6(2)10-7/h5,8H,3H2,1-2H3. The summed E-state index contributed by atoms with van der Waals surface area (Å²) in [7, 11) is 0. The Morgan fingerprint density at radius 3 is 3.00 bits per heavy atom. The van der Waals surface area contributed by atoms with Crippen molar-refractivity contribution in [1.29, 1.82) is 5.26 Å². The third-order valence-electron chi connectivity index (χ3n) is 1.36. The van der Waals surface area contributed by atoms with Gasteiger partial charge >= 0.3 is 0 Å². The SMILES string of the molecule is CCOC(C#N)c1csc(C)n1. The van der Waals surface area contributed by atoms with E-state index in [9.17, 15) is 0 Å². The number of thiazole rings is 1. The molecule has 0 amide bonds. The van der Waals surface area contributed by atoms with Crippen molar-refractivity contribution in [2.75, 3.05) is 6.61 Å². The third kappa shape index (κ3) is 2.03. The fourth-order valence-corrected chi connectivity index (χ4v) is 1.48. The van der Waals surface area contributed by atoms with Crippen LogP contribution in [0.1, 0.15) is 23.7 Å². The second-order valence-electron chi connectivity index (χ2n) is 2.26. The third-order valence-corrected chi connectivity index (χ3v) is 2.15. The molecule has 0 aliphatic heterocycles. The predicted octanol–water partition coefficient (Wildman–Crippen LogP) is 2.05. The van der Waals surface area contributed by atoms with E-state index in [2.05, 4.69) is 11.1 Å². The number of ether oxygens (including phenoxy) is 1. The lowest BCUT2D eigenvalue weighted by molar-refractivity contribution is 0.0994. The van der Waals surface area contributed by atoms with Crippen LogP contribution in [0, 0.1) is 18.3 Å². The summed E-state index contributed by atoms with van der Waals surface area (Å²) in [5, 5.41) is 11.5. The van der Waals surface area contributed by atoms with Gasteiger partial charge in [0.25, 0.3) is 0 Å². The molecule has 0 aliphatic rings. The van der Waals surface area contributed by atoms with Gasteiger partial charge in [-0.15, -0.1) is 11.3 Å². The molecule has 0 N–H and O–H groups in total. The van der Waals surface area contributed by atoms with Crippen LogP contribution in [0.4, 0.5) is 0 Å². The van der Waals surface area contributed by atoms with E-state index in [0.29, 0.717) is 6.61 Å². The van der Waals surface area contributed by atoms with Gasteiger partial charge in [-0.1, -0.05) is 0 Å². The normalized spacial score (nSPS) is 12.4. The number of rotatable bonds is 3. The quantitative estimate of drug-likeness (QED) is 0.718. The van der Waals surface area contributed by atoms with Gasteiger partial charge in [-0.2, -0.15) is 5.26 Å². The lowest BCUT2D eigenvalue weighted by atomic mass is 10.3. The van der Waals surface area contributed by atoms with Crippen LogP contribution in [-0.4, -0.2) is 11.6 Å². The van der Waals surface area contributed by atoms with Crippen LogP contribution >= 0.6 is 11.3 Å². The number of aromatic nitrogens is 1. The Labute approximate surface area is 75.6 Å². The van der Waals surface area contributed by atoms with E-state index in [1.165, 1.54) is 11.3 Å². The number of hydrogen-bond donors (Lipinski definition) is 0. The molecule has 0 radical (unpaired) electrons. The van der Waals surface area contributed by atoms with E-state index in [1.54, 1.807) is 0 Å². The maximum absolute atomic E-state index is 8.71. The zero-order chi connectivity index (χ0) is 8.97. The van der Waals surface area contributed by atoms with Crippen molar-refractivity contribution in [3.05, 3.63) is 16.1 Å². The maximum atomic E-state index is 8.71. The molecule has 1 atom stereocenters. The summed E-state index contributed by atoms with van der Waals surface area (Å²) in [5.74, 6) is 0. The summed E-state index contributed by atoms with van der Waals surface area (Å²) < 4.78 is 5.17. The summed E-state index contributed by atoms with van der Waals surface area (Å²) in [6.45, 7) is 4.31. The van der Waals surface area contributed by atoms with Crippen LogP contribution in [-0.2, 0) is 4.74 Å². The van der Waals surface area contributed by atoms with Gasteiger partial charge in [0.05, 0.1) is 10.7 Å². The van der Waals surface area contributed by atoms with Crippen molar-refractivity contribution < 1.29 is 4.74 Å². The highest BCUT2D eigenvalue weighted by Gasteiger charge is 2.12. The summed E-state index contributed by atoms with van der Waals surface area (Å²) in [5.41, 5.74) is 0.724. The van der Waals surface area contributed by atoms with Crippen molar-refractivity contribution in [3.63, 3.8) is 0 Å². The average Bonchev–Trinajstić information content (AvgIpc) is 2.47. The Kier molecular flexibility index (Phi) is 3.20. The van der Waals surface area contributed by atoms with E-state index in [4.69, 9.17) is 10.00 Å². The van der Waals surface area contributed by atoms with Crippen molar-refractivity contribution in [3.8, 4) is 6.07 Å². The van der Waals surface area contributed by atoms with Crippen molar-refractivity contribution >= 4 is 11.3 Å². The molecule has 1 aromatic rings. The van der Waals surface area contributed by atoms with Gasteiger partial charge in [0.2, 0.25) is 0 Å². The second-order valence-corrected chi connectivity index (χ2v) is 3.32. The molecular weight excluding hydrogens is 172 g/mol. The molecule has 0 bridgehead atoms. The molecule has 0 saturated carbocycles. The van der Waals surface area contributed by atoms with Gasteiger partial charge in [0.1, 0.15) is 6.07 Å². The molecule has 0 aromatic carbocycles. The molecule has 64 valence electrons. The molecule has 1 rings (SSSR count). The Morgan fingerprint density at radius 1 is 1.83 bits per heavy atom. The van der Waals surface area contributed by atoms with Crippen LogP contribution in [0.2, 0.25) is 0 Å². The summed E-state index contributed by atoms with van der Waals surface area (Å²) in [6.07, 6.45) is -0.500. The van der Waals surface area contributed by atoms with E-state index in [0.717, 1.165) is 10.7 Å². The number of aryl methyl sites for hydroxylation is 1. The number of nitrogens with zero attached hydrogens (tertiary/aromatic N) is 2. The first-order valence-electron chi connectivity index (χ1n) is 3.71. The molecule has 1 heterocycles. The van der Waals surface area contributed by atoms with Crippen molar-refractivity contribution in [1.82, 2.24) is 4.98 Å². The maximum Gasteiger partial charge on any atom is 0.186 e. The molecule has 0 spiro atoms. The van der Waals surface area contributed by atoms with E-state index >= 15 is 0 Å². The Morgan fingerprint density at radius 2 is 2.58 bits per heavy atom. The first-order valence-corrected chi connectivity index (χ1v) is 4.59. The average molecular weight is 182 g/mol. The van der Waals surface area contributed by atoms with Gasteiger partial charge in [-0.05, 0) is 13.8 Å². The predicted molar refractivity (Wildman–Crippen MR) is 46.8 cm³/mol. The highest BCUT2D eigenvalue weighted by atomic mass is 32.1. The first-order chi connectivity index (χ1) is 5.77. The highest BCUT2D eigenvalue weighted by Crippen LogP contribution is 2.18. The largest absolute Gasteiger partial charge is 0.357 e. The lowest BCUT2D eigenvalue weighted by Gasteiger charge is -2.04. The number of nitriles is 1. The molecule has 1 aromatic heterocycles. The summed E-state index contributed by atoms with van der Waals surface area (Å²) in [4.78, 5) is 4.17. The van der Waals surface area contributed by atoms with Crippen molar-refractivity contribution in [2.45, 2.75) is 20.0 Å². The molecule has 0 fully saturated rings. The lowest BCUT2D eigenvalue weighted by Crippen LogP contribution is -2.01. The second kappa shape index (κ2) is 4.19. The number of hydrogen-bond acceptors (Lipinski definition) is 4. The van der Waals surface area contributed by atoms with E-state index < -0.39 is 6.10 Å². The fraction of sp³-hybridized carbons (Fsp3) is 0.500. The minimum atomic E-state index is -0.500. The zero-order valence-electron chi connectivity index (χ0n) is 7.07. The van der Waals surface area contributed by atoms with Gasteiger partial charge in [0.15, 0.2) is 6.10 Å². The van der Waals surface area contributed by atoms with E-state index in [1.807, 2.05) is 19.2 Å². The summed E-state index contributed by atoms with van der Waals surface area (Å²) >= 11 is 1.53. The van der Waals surface area contributed by atoms with Crippen LogP contribution in [0.3, 0.4) is 0 Å². The van der Waals surface area contributed by atoms with Crippen LogP contribution in [0.15, 0.2) is 5.38 Å². The van der Waals surface area contributed by atoms with Gasteiger partial charge < -0.3 is 4.74 Å². The summed E-state index contributed by atoms with van der Waals surface area (Å²) in [6, 6.07) is 2.05. The monoisotopic (exact) mass is 182 g/mol. The Bertz CT molecular complexity index is 289.